The van der Waals surface area contributed by atoms with Crippen LogP contribution in [0.1, 0.15) is 25.3 Å². The van der Waals surface area contributed by atoms with Crippen LogP contribution in [0.2, 0.25) is 0 Å². The van der Waals surface area contributed by atoms with E-state index in [2.05, 4.69) is 15.8 Å². The van der Waals surface area contributed by atoms with Crippen LogP contribution in [0.4, 0.5) is 0 Å². The Bertz CT molecular complexity index is 523. The fourth-order valence-electron chi connectivity index (χ4n) is 1.79. The lowest BCUT2D eigenvalue weighted by molar-refractivity contribution is -0.121. The van der Waals surface area contributed by atoms with Gasteiger partial charge in [0.1, 0.15) is 11.5 Å². The lowest BCUT2D eigenvalue weighted by Crippen LogP contribution is -2.36. The third kappa shape index (κ3) is 3.81. The maximum absolute atomic E-state index is 11.8. The molecule has 0 saturated carbocycles. The van der Waals surface area contributed by atoms with Crippen LogP contribution in [-0.4, -0.2) is 24.1 Å². The molecule has 2 amide bonds. The Morgan fingerprint density at radius 3 is 2.70 bits per heavy atom. The minimum atomic E-state index is -0.251. The van der Waals surface area contributed by atoms with E-state index in [0.29, 0.717) is 31.7 Å². The number of hydrazone groups is 1. The van der Waals surface area contributed by atoms with E-state index in [1.807, 2.05) is 31.2 Å². The summed E-state index contributed by atoms with van der Waals surface area (Å²) in [5.41, 5.74) is 3.64. The summed E-state index contributed by atoms with van der Waals surface area (Å²) in [4.78, 5) is 22.8. The molecule has 0 atom stereocenters. The third-order valence-electron chi connectivity index (χ3n) is 2.85. The van der Waals surface area contributed by atoms with E-state index < -0.39 is 0 Å². The normalized spacial score (nSPS) is 14.2. The molecule has 1 heterocycles. The van der Waals surface area contributed by atoms with Gasteiger partial charge in [0.15, 0.2) is 0 Å². The largest absolute Gasteiger partial charge is 0.494 e. The molecule has 0 aliphatic carbocycles. The molecule has 0 radical (unpaired) electrons. The van der Waals surface area contributed by atoms with Crippen molar-refractivity contribution in [1.29, 1.82) is 0 Å². The SMILES string of the molecule is CCOc1ccc(CNC(=O)C2=NNC(=O)CC2)cc1. The number of amides is 2. The van der Waals surface area contributed by atoms with Crippen LogP contribution in [0.25, 0.3) is 0 Å². The first-order chi connectivity index (χ1) is 9.69. The number of nitrogens with one attached hydrogen (secondary N) is 2. The van der Waals surface area contributed by atoms with E-state index >= 15 is 0 Å². The minimum absolute atomic E-state index is 0.159. The third-order valence-corrected chi connectivity index (χ3v) is 2.85. The van der Waals surface area contributed by atoms with Gasteiger partial charge in [-0.3, -0.25) is 9.59 Å². The number of carbonyl (C=O) groups excluding carboxylic acids is 2. The Morgan fingerprint density at radius 1 is 1.35 bits per heavy atom. The number of hydrogen-bond donors (Lipinski definition) is 2. The average Bonchev–Trinajstić information content (AvgIpc) is 2.47. The number of ether oxygens (including phenoxy) is 1. The quantitative estimate of drug-likeness (QED) is 0.840. The van der Waals surface area contributed by atoms with Gasteiger partial charge in [-0.05, 0) is 24.6 Å². The van der Waals surface area contributed by atoms with Gasteiger partial charge in [-0.25, -0.2) is 5.43 Å². The summed E-state index contributed by atoms with van der Waals surface area (Å²) in [7, 11) is 0. The lowest BCUT2D eigenvalue weighted by Gasteiger charge is -2.12. The van der Waals surface area contributed by atoms with Gasteiger partial charge in [0, 0.05) is 19.4 Å². The smallest absolute Gasteiger partial charge is 0.267 e. The number of benzene rings is 1. The molecule has 6 nitrogen and oxygen atoms in total. The topological polar surface area (TPSA) is 79.8 Å². The molecule has 20 heavy (non-hydrogen) atoms. The number of hydrogen-bond acceptors (Lipinski definition) is 4. The van der Waals surface area contributed by atoms with Gasteiger partial charge in [-0.2, -0.15) is 5.10 Å². The highest BCUT2D eigenvalue weighted by atomic mass is 16.5. The highest BCUT2D eigenvalue weighted by molar-refractivity contribution is 6.39. The molecule has 106 valence electrons. The van der Waals surface area contributed by atoms with E-state index in [4.69, 9.17) is 4.74 Å². The summed E-state index contributed by atoms with van der Waals surface area (Å²) in [6.45, 7) is 2.97. The Balaban J connectivity index is 1.85. The molecule has 0 saturated heterocycles. The van der Waals surface area contributed by atoms with Gasteiger partial charge >= 0.3 is 0 Å². The predicted octanol–water partition coefficient (Wildman–Crippen LogP) is 0.967. The molecule has 2 N–H and O–H groups in total. The van der Waals surface area contributed by atoms with Gasteiger partial charge < -0.3 is 10.1 Å². The molecular formula is C14H17N3O3. The van der Waals surface area contributed by atoms with Gasteiger partial charge in [0.25, 0.3) is 5.91 Å². The second-order valence-corrected chi connectivity index (χ2v) is 4.35. The van der Waals surface area contributed by atoms with Crippen molar-refractivity contribution >= 4 is 17.5 Å². The zero-order valence-corrected chi connectivity index (χ0v) is 11.3. The summed E-state index contributed by atoms with van der Waals surface area (Å²) < 4.78 is 5.35. The average molecular weight is 275 g/mol. The van der Waals surface area contributed by atoms with Crippen LogP contribution in [0.5, 0.6) is 5.75 Å². The second-order valence-electron chi connectivity index (χ2n) is 4.35. The number of rotatable bonds is 5. The van der Waals surface area contributed by atoms with Gasteiger partial charge in [-0.15, -0.1) is 0 Å². The molecule has 0 bridgehead atoms. The first-order valence-electron chi connectivity index (χ1n) is 6.54. The molecule has 0 aromatic heterocycles. The number of nitrogens with zero attached hydrogens (tertiary/aromatic N) is 1. The van der Waals surface area contributed by atoms with Crippen LogP contribution < -0.4 is 15.5 Å². The van der Waals surface area contributed by atoms with Crippen LogP contribution in [0.3, 0.4) is 0 Å². The molecule has 1 aliphatic rings. The van der Waals surface area contributed by atoms with Gasteiger partial charge in [0.2, 0.25) is 5.91 Å². The lowest BCUT2D eigenvalue weighted by atomic mass is 10.1. The highest BCUT2D eigenvalue weighted by Crippen LogP contribution is 2.11. The first kappa shape index (κ1) is 14.0. The summed E-state index contributed by atoms with van der Waals surface area (Å²) in [5.74, 6) is 0.397. The Labute approximate surface area is 117 Å². The molecule has 0 unspecified atom stereocenters. The molecule has 0 spiro atoms. The van der Waals surface area contributed by atoms with Gasteiger partial charge in [0.05, 0.1) is 6.61 Å². The van der Waals surface area contributed by atoms with Crippen LogP contribution >= 0.6 is 0 Å². The van der Waals surface area contributed by atoms with Crippen molar-refractivity contribution in [1.82, 2.24) is 10.7 Å². The minimum Gasteiger partial charge on any atom is -0.494 e. The monoisotopic (exact) mass is 275 g/mol. The number of carbonyl (C=O) groups is 2. The Kier molecular flexibility index (Phi) is 4.70. The second kappa shape index (κ2) is 6.70. The van der Waals surface area contributed by atoms with Crippen molar-refractivity contribution in [3.63, 3.8) is 0 Å². The highest BCUT2D eigenvalue weighted by Gasteiger charge is 2.17. The Hall–Kier alpha value is -2.37. The van der Waals surface area contributed by atoms with E-state index in [1.165, 1.54) is 0 Å². The van der Waals surface area contributed by atoms with Crippen molar-refractivity contribution in [3.05, 3.63) is 29.8 Å². The fourth-order valence-corrected chi connectivity index (χ4v) is 1.79. The van der Waals surface area contributed by atoms with Crippen LogP contribution in [0.15, 0.2) is 29.4 Å². The van der Waals surface area contributed by atoms with Crippen molar-refractivity contribution in [3.8, 4) is 5.75 Å². The van der Waals surface area contributed by atoms with Crippen molar-refractivity contribution in [2.24, 2.45) is 5.10 Å². The van der Waals surface area contributed by atoms with E-state index in [9.17, 15) is 9.59 Å². The summed E-state index contributed by atoms with van der Waals surface area (Å²) in [6, 6.07) is 7.53. The Morgan fingerprint density at radius 2 is 2.10 bits per heavy atom. The van der Waals surface area contributed by atoms with E-state index in [1.54, 1.807) is 0 Å². The standard InChI is InChI=1S/C14H17N3O3/c1-2-20-11-5-3-10(4-6-11)9-15-14(19)12-7-8-13(18)17-16-12/h3-6H,2,7-9H2,1H3,(H,15,19)(H,17,18). The zero-order chi connectivity index (χ0) is 14.4. The van der Waals surface area contributed by atoms with Crippen molar-refractivity contribution in [2.45, 2.75) is 26.3 Å². The van der Waals surface area contributed by atoms with Crippen molar-refractivity contribution in [2.75, 3.05) is 6.61 Å². The first-order valence-corrected chi connectivity index (χ1v) is 6.54. The fraction of sp³-hybridized carbons (Fsp3) is 0.357. The molecule has 1 aliphatic heterocycles. The molecular weight excluding hydrogens is 258 g/mol. The van der Waals surface area contributed by atoms with Crippen molar-refractivity contribution < 1.29 is 14.3 Å². The van der Waals surface area contributed by atoms with E-state index in [-0.39, 0.29) is 11.8 Å². The zero-order valence-electron chi connectivity index (χ0n) is 11.3. The summed E-state index contributed by atoms with van der Waals surface area (Å²) >= 11 is 0. The van der Waals surface area contributed by atoms with Crippen LogP contribution in [-0.2, 0) is 16.1 Å². The predicted molar refractivity (Wildman–Crippen MR) is 74.3 cm³/mol. The molecule has 2 rings (SSSR count). The van der Waals surface area contributed by atoms with Crippen LogP contribution in [0, 0.1) is 0 Å². The molecule has 1 aromatic carbocycles. The molecule has 0 fully saturated rings. The molecule has 1 aromatic rings. The summed E-state index contributed by atoms with van der Waals surface area (Å²) in [6.07, 6.45) is 0.677. The summed E-state index contributed by atoms with van der Waals surface area (Å²) in [5, 5.41) is 6.52. The molecule has 6 heteroatoms. The maximum Gasteiger partial charge on any atom is 0.267 e. The van der Waals surface area contributed by atoms with E-state index in [0.717, 1.165) is 11.3 Å². The maximum atomic E-state index is 11.8. The van der Waals surface area contributed by atoms with Gasteiger partial charge in [-0.1, -0.05) is 12.1 Å².